The van der Waals surface area contributed by atoms with Gasteiger partial charge < -0.3 is 10.2 Å². The molecule has 2 N–H and O–H groups in total. The number of hydrogen-bond acceptors (Lipinski definition) is 2. The van der Waals surface area contributed by atoms with Crippen molar-refractivity contribution in [2.75, 3.05) is 0 Å². The zero-order chi connectivity index (χ0) is 7.28. The number of aliphatic hydroxyl groups excluding tert-OH is 1. The maximum atomic E-state index is 10.0. The van der Waals surface area contributed by atoms with Gasteiger partial charge in [-0.1, -0.05) is 6.08 Å². The highest BCUT2D eigenvalue weighted by Gasteiger charge is 2.02. The Hall–Kier alpha value is -1.25. The van der Waals surface area contributed by atoms with Gasteiger partial charge in [0.25, 0.3) is 0 Å². The fourth-order valence-electron chi connectivity index (χ4n) is 0.351. The molecule has 0 unspecified atom stereocenters. The molecule has 0 bridgehead atoms. The summed E-state index contributed by atoms with van der Waals surface area (Å²) in [6.07, 6.45) is 2.17. The van der Waals surface area contributed by atoms with Crippen LogP contribution in [0.5, 0.6) is 0 Å². The minimum absolute atomic E-state index is 0.0509. The molecule has 0 amide bonds. The number of carbonyl (C=O) groups is 1. The Morgan fingerprint density at radius 2 is 2.22 bits per heavy atom. The average Bonchev–Trinajstić information content (AvgIpc) is 1.82. The highest BCUT2D eigenvalue weighted by Crippen LogP contribution is 1.99. The molecule has 0 spiro atoms. The Morgan fingerprint density at radius 1 is 1.67 bits per heavy atom. The van der Waals surface area contributed by atoms with E-state index in [9.17, 15) is 4.79 Å². The summed E-state index contributed by atoms with van der Waals surface area (Å²) in [5, 5.41) is 16.5. The van der Waals surface area contributed by atoms with Crippen LogP contribution in [0.1, 0.15) is 6.42 Å². The van der Waals surface area contributed by atoms with Crippen LogP contribution in [0.3, 0.4) is 0 Å². The molecule has 9 heavy (non-hydrogen) atoms. The molecule has 0 fully saturated rings. The van der Waals surface area contributed by atoms with E-state index in [2.05, 4.69) is 6.58 Å². The maximum Gasteiger partial charge on any atom is 0.334 e. The molecule has 0 aliphatic rings. The van der Waals surface area contributed by atoms with E-state index in [1.165, 1.54) is 6.08 Å². The molecule has 0 radical (unpaired) electrons. The second-order valence-electron chi connectivity index (χ2n) is 1.45. The highest BCUT2D eigenvalue weighted by molar-refractivity contribution is 5.86. The number of aliphatic hydroxyl groups is 1. The lowest BCUT2D eigenvalue weighted by molar-refractivity contribution is -0.132. The Kier molecular flexibility index (Phi) is 3.20. The van der Waals surface area contributed by atoms with Crippen LogP contribution in [0.25, 0.3) is 0 Å². The van der Waals surface area contributed by atoms with E-state index in [0.29, 0.717) is 6.26 Å². The number of aliphatic carboxylic acids is 1. The smallest absolute Gasteiger partial charge is 0.334 e. The van der Waals surface area contributed by atoms with Gasteiger partial charge in [-0.3, -0.25) is 0 Å². The summed E-state index contributed by atoms with van der Waals surface area (Å²) in [7, 11) is 0. The summed E-state index contributed by atoms with van der Waals surface area (Å²) in [6.45, 7) is 3.32. The van der Waals surface area contributed by atoms with E-state index < -0.39 is 5.97 Å². The summed E-state index contributed by atoms with van der Waals surface area (Å²) in [6, 6.07) is 0. The first-order valence-electron chi connectivity index (χ1n) is 2.39. The van der Waals surface area contributed by atoms with Crippen LogP contribution >= 0.6 is 0 Å². The van der Waals surface area contributed by atoms with E-state index in [1.54, 1.807) is 0 Å². The van der Waals surface area contributed by atoms with Crippen LogP contribution in [0, 0.1) is 0 Å². The maximum absolute atomic E-state index is 10.0. The van der Waals surface area contributed by atoms with Crippen LogP contribution in [0.2, 0.25) is 0 Å². The molecule has 0 aromatic carbocycles. The number of carboxylic acids is 1. The predicted octanol–water partition coefficient (Wildman–Crippen LogP) is 1.09. The number of hydrogen-bond donors (Lipinski definition) is 2. The molecular formula is C6H8O3. The van der Waals surface area contributed by atoms with Gasteiger partial charge in [0.1, 0.15) is 0 Å². The van der Waals surface area contributed by atoms with Crippen molar-refractivity contribution in [2.45, 2.75) is 6.42 Å². The zero-order valence-corrected chi connectivity index (χ0v) is 4.87. The lowest BCUT2D eigenvalue weighted by Gasteiger charge is -1.91. The van der Waals surface area contributed by atoms with E-state index in [-0.39, 0.29) is 12.0 Å². The lowest BCUT2D eigenvalue weighted by Crippen LogP contribution is -1.98. The number of carboxylic acid groups (broad SMARTS) is 1. The Morgan fingerprint density at radius 3 is 2.33 bits per heavy atom. The van der Waals surface area contributed by atoms with Crippen LogP contribution in [-0.2, 0) is 4.79 Å². The molecule has 0 saturated carbocycles. The predicted molar refractivity (Wildman–Crippen MR) is 33.2 cm³/mol. The van der Waals surface area contributed by atoms with Crippen molar-refractivity contribution in [3.8, 4) is 0 Å². The fraction of sp³-hybridized carbons (Fsp3) is 0.167. The third kappa shape index (κ3) is 2.54. The first kappa shape index (κ1) is 7.75. The molecule has 3 heteroatoms. The molecule has 0 heterocycles. The van der Waals surface area contributed by atoms with Gasteiger partial charge >= 0.3 is 5.97 Å². The van der Waals surface area contributed by atoms with Crippen molar-refractivity contribution in [1.29, 1.82) is 0 Å². The topological polar surface area (TPSA) is 57.5 Å². The minimum atomic E-state index is -1.11. The molecule has 0 aromatic heterocycles. The number of rotatable bonds is 3. The van der Waals surface area contributed by atoms with Crippen molar-refractivity contribution < 1.29 is 15.0 Å². The van der Waals surface area contributed by atoms with E-state index >= 15 is 0 Å². The van der Waals surface area contributed by atoms with Crippen LogP contribution in [-0.4, -0.2) is 16.2 Å². The van der Waals surface area contributed by atoms with Crippen LogP contribution in [0.15, 0.2) is 24.5 Å². The van der Waals surface area contributed by atoms with Gasteiger partial charge in [0.2, 0.25) is 0 Å². The van der Waals surface area contributed by atoms with Gasteiger partial charge in [0.05, 0.1) is 11.8 Å². The molecule has 50 valence electrons. The standard InChI is InChI=1S/C6H8O3/c1-2-3-5(4-7)6(8)9/h2,4,7H,1,3H2,(H,8,9)/b5-4+. The molecule has 0 aliphatic carbocycles. The van der Waals surface area contributed by atoms with E-state index in [1.807, 2.05) is 0 Å². The molecule has 3 nitrogen and oxygen atoms in total. The molecule has 0 atom stereocenters. The van der Waals surface area contributed by atoms with Crippen molar-refractivity contribution in [2.24, 2.45) is 0 Å². The van der Waals surface area contributed by atoms with Gasteiger partial charge in [-0.25, -0.2) is 4.79 Å². The van der Waals surface area contributed by atoms with Gasteiger partial charge in [-0.05, 0) is 0 Å². The van der Waals surface area contributed by atoms with Crippen molar-refractivity contribution in [3.05, 3.63) is 24.5 Å². The molecule has 0 aromatic rings. The quantitative estimate of drug-likeness (QED) is 0.340. The SMILES string of the molecule is C=CC/C(=C\O)C(=O)O. The highest BCUT2D eigenvalue weighted by atomic mass is 16.4. The molecular weight excluding hydrogens is 120 g/mol. The minimum Gasteiger partial charge on any atom is -0.515 e. The molecule has 0 saturated heterocycles. The summed E-state index contributed by atoms with van der Waals surface area (Å²) in [4.78, 5) is 10.0. The van der Waals surface area contributed by atoms with Crippen LogP contribution < -0.4 is 0 Å². The van der Waals surface area contributed by atoms with E-state index in [4.69, 9.17) is 10.2 Å². The number of allylic oxidation sites excluding steroid dienone is 1. The fourth-order valence-corrected chi connectivity index (χ4v) is 0.351. The van der Waals surface area contributed by atoms with Gasteiger partial charge in [0, 0.05) is 6.42 Å². The zero-order valence-electron chi connectivity index (χ0n) is 4.87. The van der Waals surface area contributed by atoms with Gasteiger partial charge in [-0.2, -0.15) is 0 Å². The van der Waals surface area contributed by atoms with Crippen molar-refractivity contribution in [3.63, 3.8) is 0 Å². The lowest BCUT2D eigenvalue weighted by atomic mass is 10.2. The summed E-state index contributed by atoms with van der Waals surface area (Å²) in [5.74, 6) is -1.11. The monoisotopic (exact) mass is 128 g/mol. The normalized spacial score (nSPS) is 10.9. The average molecular weight is 128 g/mol. The Bertz CT molecular complexity index is 146. The molecule has 0 rings (SSSR count). The van der Waals surface area contributed by atoms with Crippen molar-refractivity contribution >= 4 is 5.97 Å². The first-order chi connectivity index (χ1) is 4.22. The second kappa shape index (κ2) is 3.72. The van der Waals surface area contributed by atoms with Crippen molar-refractivity contribution in [1.82, 2.24) is 0 Å². The summed E-state index contributed by atoms with van der Waals surface area (Å²) >= 11 is 0. The van der Waals surface area contributed by atoms with Gasteiger partial charge in [0.15, 0.2) is 0 Å². The molecule has 0 aliphatic heterocycles. The third-order valence-corrected chi connectivity index (χ3v) is 0.795. The Balaban J connectivity index is 4.00. The van der Waals surface area contributed by atoms with Crippen LogP contribution in [0.4, 0.5) is 0 Å². The second-order valence-corrected chi connectivity index (χ2v) is 1.45. The Labute approximate surface area is 52.9 Å². The van der Waals surface area contributed by atoms with E-state index in [0.717, 1.165) is 0 Å². The van der Waals surface area contributed by atoms with Gasteiger partial charge in [-0.15, -0.1) is 6.58 Å². The first-order valence-corrected chi connectivity index (χ1v) is 2.39. The summed E-state index contributed by atoms with van der Waals surface area (Å²) < 4.78 is 0. The largest absolute Gasteiger partial charge is 0.515 e. The third-order valence-electron chi connectivity index (χ3n) is 0.795. The summed E-state index contributed by atoms with van der Waals surface area (Å²) in [5.41, 5.74) is -0.0509.